The lowest BCUT2D eigenvalue weighted by molar-refractivity contribution is 0.0175. The van der Waals surface area contributed by atoms with Crippen molar-refractivity contribution in [1.29, 1.82) is 0 Å². The number of carbonyl (C=O) groups excluding carboxylic acids is 1. The summed E-state index contributed by atoms with van der Waals surface area (Å²) < 4.78 is 5.22. The summed E-state index contributed by atoms with van der Waals surface area (Å²) in [4.78, 5) is 16.8. The van der Waals surface area contributed by atoms with Crippen LogP contribution in [0.25, 0.3) is 10.9 Å². The summed E-state index contributed by atoms with van der Waals surface area (Å²) in [6.45, 7) is 0. The topological polar surface area (TPSA) is 63.2 Å². The zero-order valence-electron chi connectivity index (χ0n) is 12.2. The molecule has 0 radical (unpaired) electrons. The van der Waals surface area contributed by atoms with Crippen LogP contribution in [0.5, 0.6) is 0 Å². The van der Waals surface area contributed by atoms with Crippen molar-refractivity contribution in [2.24, 2.45) is 0 Å². The van der Waals surface area contributed by atoms with E-state index in [1.54, 1.807) is 13.2 Å². The van der Waals surface area contributed by atoms with Crippen LogP contribution in [-0.2, 0) is 4.74 Å². The van der Waals surface area contributed by atoms with Gasteiger partial charge in [-0.3, -0.25) is 4.79 Å². The molecule has 21 heavy (non-hydrogen) atoms. The van der Waals surface area contributed by atoms with Crippen molar-refractivity contribution >= 4 is 22.5 Å². The molecule has 0 atom stereocenters. The quantitative estimate of drug-likeness (QED) is 0.904. The van der Waals surface area contributed by atoms with Gasteiger partial charge in [0.1, 0.15) is 5.69 Å². The Morgan fingerprint density at radius 3 is 2.81 bits per heavy atom. The van der Waals surface area contributed by atoms with E-state index in [4.69, 9.17) is 4.74 Å². The number of anilines is 1. The first-order chi connectivity index (χ1) is 10.2. The summed E-state index contributed by atoms with van der Waals surface area (Å²) in [5.41, 5.74) is 2.17. The van der Waals surface area contributed by atoms with Crippen LogP contribution >= 0.6 is 0 Å². The number of fused-ring (bicyclic) bond motifs is 1. The number of para-hydroxylation sites is 1. The smallest absolute Gasteiger partial charge is 0.270 e. The molecule has 1 aromatic carbocycles. The van der Waals surface area contributed by atoms with E-state index in [2.05, 4.69) is 15.6 Å². The lowest BCUT2D eigenvalue weighted by Gasteiger charge is -2.34. The highest BCUT2D eigenvalue weighted by Crippen LogP contribution is 2.25. The Morgan fingerprint density at radius 1 is 1.33 bits per heavy atom. The second-order valence-corrected chi connectivity index (χ2v) is 5.32. The second-order valence-electron chi connectivity index (χ2n) is 5.32. The number of carbonyl (C=O) groups is 1. The second kappa shape index (κ2) is 5.69. The summed E-state index contributed by atoms with van der Waals surface area (Å²) in [6, 6.07) is 9.77. The lowest BCUT2D eigenvalue weighted by atomic mass is 9.89. The molecule has 3 rings (SSSR count). The van der Waals surface area contributed by atoms with Crippen LogP contribution in [0.4, 0.5) is 5.69 Å². The SMILES string of the molecule is CNc1cc(C(=O)NC2CC(OC)C2)nc2ccccc12. The van der Waals surface area contributed by atoms with Crippen molar-refractivity contribution in [3.8, 4) is 0 Å². The third-order valence-electron chi connectivity index (χ3n) is 3.98. The van der Waals surface area contributed by atoms with Crippen molar-refractivity contribution in [2.45, 2.75) is 25.0 Å². The highest BCUT2D eigenvalue weighted by atomic mass is 16.5. The fourth-order valence-corrected chi connectivity index (χ4v) is 2.63. The van der Waals surface area contributed by atoms with Gasteiger partial charge in [0, 0.05) is 31.3 Å². The van der Waals surface area contributed by atoms with Gasteiger partial charge in [-0.2, -0.15) is 0 Å². The van der Waals surface area contributed by atoms with Crippen LogP contribution < -0.4 is 10.6 Å². The number of nitrogens with zero attached hydrogens (tertiary/aromatic N) is 1. The number of aromatic nitrogens is 1. The Balaban J connectivity index is 1.81. The van der Waals surface area contributed by atoms with E-state index < -0.39 is 0 Å². The van der Waals surface area contributed by atoms with Crippen molar-refractivity contribution in [3.63, 3.8) is 0 Å². The molecule has 5 heteroatoms. The first-order valence-electron chi connectivity index (χ1n) is 7.12. The predicted octanol–water partition coefficient (Wildman–Crippen LogP) is 2.18. The monoisotopic (exact) mass is 285 g/mol. The normalized spacial score (nSPS) is 20.9. The number of benzene rings is 1. The standard InChI is InChI=1S/C16H19N3O2/c1-17-14-9-15(19-13-6-4-3-5-12(13)14)16(20)18-10-7-11(8-10)21-2/h3-6,9-11H,7-8H2,1-2H3,(H,17,19)(H,18,20). The van der Waals surface area contributed by atoms with E-state index in [1.807, 2.05) is 31.3 Å². The molecule has 0 spiro atoms. The van der Waals surface area contributed by atoms with Crippen molar-refractivity contribution < 1.29 is 9.53 Å². The number of methoxy groups -OCH3 is 1. The highest BCUT2D eigenvalue weighted by molar-refractivity contribution is 5.99. The Hall–Kier alpha value is -2.14. The molecule has 1 heterocycles. The molecule has 1 saturated carbocycles. The molecular weight excluding hydrogens is 266 g/mol. The van der Waals surface area contributed by atoms with Crippen molar-refractivity contribution in [1.82, 2.24) is 10.3 Å². The van der Waals surface area contributed by atoms with Crippen molar-refractivity contribution in [2.75, 3.05) is 19.5 Å². The number of ether oxygens (including phenoxy) is 1. The molecule has 0 aliphatic heterocycles. The van der Waals surface area contributed by atoms with E-state index in [0.29, 0.717) is 5.69 Å². The number of hydrogen-bond acceptors (Lipinski definition) is 4. The molecular formula is C16H19N3O2. The van der Waals surface area contributed by atoms with Crippen molar-refractivity contribution in [3.05, 3.63) is 36.0 Å². The minimum Gasteiger partial charge on any atom is -0.388 e. The molecule has 110 valence electrons. The Bertz CT molecular complexity index is 666. The zero-order chi connectivity index (χ0) is 14.8. The zero-order valence-corrected chi connectivity index (χ0v) is 12.2. The van der Waals surface area contributed by atoms with Crippen LogP contribution in [0.2, 0.25) is 0 Å². The summed E-state index contributed by atoms with van der Waals surface area (Å²) in [5.74, 6) is -0.128. The molecule has 0 unspecified atom stereocenters. The minimum absolute atomic E-state index is 0.128. The molecule has 5 nitrogen and oxygen atoms in total. The lowest BCUT2D eigenvalue weighted by Crippen LogP contribution is -2.47. The van der Waals surface area contributed by atoms with E-state index in [-0.39, 0.29) is 18.1 Å². The fourth-order valence-electron chi connectivity index (χ4n) is 2.63. The average Bonchev–Trinajstić information content (AvgIpc) is 2.48. The molecule has 1 aromatic heterocycles. The third-order valence-corrected chi connectivity index (χ3v) is 3.98. The van der Waals surface area contributed by atoms with Crippen LogP contribution in [0, 0.1) is 0 Å². The molecule has 1 fully saturated rings. The maximum atomic E-state index is 12.3. The first-order valence-corrected chi connectivity index (χ1v) is 7.12. The van der Waals surface area contributed by atoms with Crippen LogP contribution in [-0.4, -0.2) is 37.2 Å². The van der Waals surface area contributed by atoms with Gasteiger partial charge in [-0.05, 0) is 25.0 Å². The molecule has 2 aromatic rings. The number of hydrogen-bond donors (Lipinski definition) is 2. The Morgan fingerprint density at radius 2 is 2.10 bits per heavy atom. The van der Waals surface area contributed by atoms with Gasteiger partial charge in [0.15, 0.2) is 0 Å². The number of pyridine rings is 1. The summed E-state index contributed by atoms with van der Waals surface area (Å²) in [7, 11) is 3.55. The summed E-state index contributed by atoms with van der Waals surface area (Å²) in [5, 5.41) is 7.14. The van der Waals surface area contributed by atoms with Crippen LogP contribution in [0.3, 0.4) is 0 Å². The molecule has 0 bridgehead atoms. The maximum absolute atomic E-state index is 12.3. The van der Waals surface area contributed by atoms with E-state index >= 15 is 0 Å². The average molecular weight is 285 g/mol. The summed E-state index contributed by atoms with van der Waals surface area (Å²) in [6.07, 6.45) is 2.01. The van der Waals surface area contributed by atoms with Crippen LogP contribution in [0.1, 0.15) is 23.3 Å². The summed E-state index contributed by atoms with van der Waals surface area (Å²) >= 11 is 0. The van der Waals surface area contributed by atoms with Gasteiger partial charge in [0.05, 0.1) is 11.6 Å². The minimum atomic E-state index is -0.128. The largest absolute Gasteiger partial charge is 0.388 e. The molecule has 2 N–H and O–H groups in total. The molecule has 1 aliphatic rings. The number of rotatable bonds is 4. The predicted molar refractivity (Wildman–Crippen MR) is 82.6 cm³/mol. The maximum Gasteiger partial charge on any atom is 0.270 e. The van der Waals surface area contributed by atoms with Gasteiger partial charge < -0.3 is 15.4 Å². The highest BCUT2D eigenvalue weighted by Gasteiger charge is 2.30. The van der Waals surface area contributed by atoms with E-state index in [0.717, 1.165) is 29.4 Å². The number of nitrogens with one attached hydrogen (secondary N) is 2. The number of amides is 1. The van der Waals surface area contributed by atoms with Gasteiger partial charge in [0.25, 0.3) is 5.91 Å². The van der Waals surface area contributed by atoms with Crippen LogP contribution in [0.15, 0.2) is 30.3 Å². The van der Waals surface area contributed by atoms with Gasteiger partial charge >= 0.3 is 0 Å². The Kier molecular flexibility index (Phi) is 3.75. The molecule has 0 saturated heterocycles. The van der Waals surface area contributed by atoms with Gasteiger partial charge in [-0.15, -0.1) is 0 Å². The van der Waals surface area contributed by atoms with E-state index in [9.17, 15) is 4.79 Å². The van der Waals surface area contributed by atoms with Gasteiger partial charge in [0.2, 0.25) is 0 Å². The third kappa shape index (κ3) is 2.69. The van der Waals surface area contributed by atoms with Gasteiger partial charge in [-0.1, -0.05) is 18.2 Å². The molecule has 1 amide bonds. The Labute approximate surface area is 123 Å². The first kappa shape index (κ1) is 13.8. The molecule has 1 aliphatic carbocycles. The fraction of sp³-hybridized carbons (Fsp3) is 0.375. The van der Waals surface area contributed by atoms with E-state index in [1.165, 1.54) is 0 Å². The van der Waals surface area contributed by atoms with Gasteiger partial charge in [-0.25, -0.2) is 4.98 Å².